The van der Waals surface area contributed by atoms with Gasteiger partial charge in [0, 0.05) is 20.0 Å². The van der Waals surface area contributed by atoms with Crippen LogP contribution in [0.1, 0.15) is 64.9 Å². The number of rotatable bonds is 14. The van der Waals surface area contributed by atoms with Crippen LogP contribution in [0.4, 0.5) is 0 Å². The van der Waals surface area contributed by atoms with E-state index in [2.05, 4.69) is 12.0 Å². The molecule has 1 atom stereocenters. The Morgan fingerprint density at radius 1 is 1.06 bits per heavy atom. The zero-order valence-electron chi connectivity index (χ0n) is 20.0. The van der Waals surface area contributed by atoms with Crippen LogP contribution >= 0.6 is 0 Å². The van der Waals surface area contributed by atoms with Gasteiger partial charge < -0.3 is 14.2 Å². The van der Waals surface area contributed by atoms with E-state index < -0.39 is 11.2 Å². The van der Waals surface area contributed by atoms with Crippen molar-refractivity contribution in [1.29, 1.82) is 0 Å². The summed E-state index contributed by atoms with van der Waals surface area (Å²) in [7, 11) is 1.43. The molecular weight excluding hydrogens is 426 g/mol. The fourth-order valence-electron chi connectivity index (χ4n) is 3.09. The fraction of sp³-hybridized carbons (Fsp3) is 0.583. The van der Waals surface area contributed by atoms with Crippen LogP contribution in [0.2, 0.25) is 0 Å². The normalized spacial score (nSPS) is 11.8. The maximum Gasteiger partial charge on any atom is 0.347 e. The molecule has 0 bridgehead atoms. The molecule has 0 radical (unpaired) electrons. The van der Waals surface area contributed by atoms with Gasteiger partial charge in [-0.05, 0) is 31.0 Å². The zero-order valence-corrected chi connectivity index (χ0v) is 20.0. The summed E-state index contributed by atoms with van der Waals surface area (Å²) in [6.45, 7) is 6.46. The minimum absolute atomic E-state index is 0.0997. The Kier molecular flexibility index (Phi) is 10.7. The largest absolute Gasteiger partial charge is 0.487 e. The molecule has 1 heterocycles. The highest BCUT2D eigenvalue weighted by molar-refractivity contribution is 5.68. The van der Waals surface area contributed by atoms with E-state index in [0.29, 0.717) is 18.7 Å². The summed E-state index contributed by atoms with van der Waals surface area (Å²) >= 11 is 0. The molecule has 9 nitrogen and oxygen atoms in total. The Bertz CT molecular complexity index is 997. The number of carbonyl (C=O) groups excluding carboxylic acids is 1. The molecule has 0 aliphatic rings. The smallest absolute Gasteiger partial charge is 0.347 e. The van der Waals surface area contributed by atoms with Gasteiger partial charge in [0.2, 0.25) is 0 Å². The Morgan fingerprint density at radius 2 is 1.76 bits per heavy atom. The topological polar surface area (TPSA) is 102 Å². The molecule has 0 saturated carbocycles. The molecule has 0 saturated heterocycles. The minimum Gasteiger partial charge on any atom is -0.487 e. The molecule has 9 heteroatoms. The van der Waals surface area contributed by atoms with Crippen LogP contribution in [0, 0.1) is 0 Å². The molecule has 2 rings (SSSR count). The average Bonchev–Trinajstić information content (AvgIpc) is 2.82. The first-order chi connectivity index (χ1) is 15.8. The number of benzene rings is 1. The first-order valence-corrected chi connectivity index (χ1v) is 11.6. The number of aryl methyl sites for hydroxylation is 1. The highest BCUT2D eigenvalue weighted by Gasteiger charge is 2.12. The molecule has 182 valence electrons. The van der Waals surface area contributed by atoms with E-state index in [-0.39, 0.29) is 31.2 Å². The van der Waals surface area contributed by atoms with Gasteiger partial charge in [0.1, 0.15) is 25.1 Å². The van der Waals surface area contributed by atoms with E-state index in [4.69, 9.17) is 14.2 Å². The summed E-state index contributed by atoms with van der Waals surface area (Å²) in [6, 6.07) is 7.18. The first kappa shape index (κ1) is 26.2. The van der Waals surface area contributed by atoms with Gasteiger partial charge in [0.05, 0.1) is 0 Å². The van der Waals surface area contributed by atoms with Gasteiger partial charge >= 0.3 is 17.2 Å². The monoisotopic (exact) mass is 461 g/mol. The molecule has 2 aromatic rings. The molecule has 0 N–H and O–H groups in total. The van der Waals surface area contributed by atoms with Gasteiger partial charge in [-0.3, -0.25) is 14.2 Å². The van der Waals surface area contributed by atoms with E-state index in [1.54, 1.807) is 19.1 Å². The Labute approximate surface area is 194 Å². The van der Waals surface area contributed by atoms with Crippen molar-refractivity contribution in [2.24, 2.45) is 7.05 Å². The standard InChI is InChI=1S/C24H35N3O6/c1-5-7-8-9-10-15-27-24(30)26(4)23(29)22(25-27)32-17-19-11-13-20(14-12-19)33-18(3)16-31-21(28)6-2/h11-14,18H,5-10,15-17H2,1-4H3. The maximum absolute atomic E-state index is 12.4. The number of hydrogen-bond donors (Lipinski definition) is 0. The lowest BCUT2D eigenvalue weighted by atomic mass is 10.1. The number of hydrogen-bond acceptors (Lipinski definition) is 7. The van der Waals surface area contributed by atoms with Crippen molar-refractivity contribution in [3.05, 3.63) is 50.7 Å². The Balaban J connectivity index is 1.94. The van der Waals surface area contributed by atoms with Gasteiger partial charge in [-0.25, -0.2) is 9.48 Å². The summed E-state index contributed by atoms with van der Waals surface area (Å²) < 4.78 is 18.8. The number of unbranched alkanes of at least 4 members (excludes halogenated alkanes) is 4. The highest BCUT2D eigenvalue weighted by Crippen LogP contribution is 2.15. The lowest BCUT2D eigenvalue weighted by Gasteiger charge is -2.15. The predicted molar refractivity (Wildman–Crippen MR) is 125 cm³/mol. The van der Waals surface area contributed by atoms with Crippen molar-refractivity contribution in [1.82, 2.24) is 14.3 Å². The van der Waals surface area contributed by atoms with Crippen molar-refractivity contribution < 1.29 is 19.0 Å². The van der Waals surface area contributed by atoms with Crippen LogP contribution in [-0.2, 0) is 29.7 Å². The van der Waals surface area contributed by atoms with E-state index in [0.717, 1.165) is 35.8 Å². The molecule has 0 aliphatic heterocycles. The number of nitrogens with zero attached hydrogens (tertiary/aromatic N) is 3. The van der Waals surface area contributed by atoms with Crippen molar-refractivity contribution in [2.75, 3.05) is 6.61 Å². The third kappa shape index (κ3) is 8.40. The van der Waals surface area contributed by atoms with Gasteiger partial charge in [-0.2, -0.15) is 0 Å². The predicted octanol–water partition coefficient (Wildman–Crippen LogP) is 3.21. The fourth-order valence-corrected chi connectivity index (χ4v) is 3.09. The van der Waals surface area contributed by atoms with Gasteiger partial charge in [0.25, 0.3) is 5.88 Å². The van der Waals surface area contributed by atoms with E-state index in [1.807, 2.05) is 19.1 Å². The molecule has 0 aliphatic carbocycles. The Hall–Kier alpha value is -3.10. The van der Waals surface area contributed by atoms with Gasteiger partial charge in [-0.15, -0.1) is 5.10 Å². The highest BCUT2D eigenvalue weighted by atomic mass is 16.6. The second-order valence-corrected chi connectivity index (χ2v) is 7.99. The molecule has 0 fully saturated rings. The van der Waals surface area contributed by atoms with Crippen molar-refractivity contribution in [3.8, 4) is 11.6 Å². The van der Waals surface area contributed by atoms with Crippen LogP contribution in [0.3, 0.4) is 0 Å². The molecule has 1 aromatic heterocycles. The van der Waals surface area contributed by atoms with E-state index in [1.165, 1.54) is 18.2 Å². The summed E-state index contributed by atoms with van der Waals surface area (Å²) in [5, 5.41) is 4.15. The molecule has 1 unspecified atom stereocenters. The van der Waals surface area contributed by atoms with Crippen LogP contribution in [0.15, 0.2) is 33.9 Å². The SMILES string of the molecule is CCCCCCCn1nc(OCc2ccc(OC(C)COC(=O)CC)cc2)c(=O)n(C)c1=O. The van der Waals surface area contributed by atoms with E-state index >= 15 is 0 Å². The first-order valence-electron chi connectivity index (χ1n) is 11.6. The minimum atomic E-state index is -0.558. The summed E-state index contributed by atoms with van der Waals surface area (Å²) in [5.74, 6) is 0.266. The van der Waals surface area contributed by atoms with Crippen LogP contribution in [-0.4, -0.2) is 33.0 Å². The maximum atomic E-state index is 12.4. The molecule has 0 amide bonds. The summed E-state index contributed by atoms with van der Waals surface area (Å²) in [4.78, 5) is 36.0. The lowest BCUT2D eigenvalue weighted by molar-refractivity contribution is -0.145. The van der Waals surface area contributed by atoms with Gasteiger partial charge in [-0.1, -0.05) is 51.7 Å². The Morgan fingerprint density at radius 3 is 2.42 bits per heavy atom. The second-order valence-electron chi connectivity index (χ2n) is 7.99. The van der Waals surface area contributed by atoms with Crippen LogP contribution < -0.4 is 20.7 Å². The van der Waals surface area contributed by atoms with Crippen LogP contribution in [0.5, 0.6) is 11.6 Å². The zero-order chi connectivity index (χ0) is 24.2. The quantitative estimate of drug-likeness (QED) is 0.314. The van der Waals surface area contributed by atoms with Crippen LogP contribution in [0.25, 0.3) is 0 Å². The van der Waals surface area contributed by atoms with Crippen molar-refractivity contribution >= 4 is 5.97 Å². The number of ether oxygens (including phenoxy) is 3. The third-order valence-electron chi connectivity index (χ3n) is 5.08. The second kappa shape index (κ2) is 13.4. The molecule has 1 aromatic carbocycles. The van der Waals surface area contributed by atoms with Gasteiger partial charge in [0.15, 0.2) is 0 Å². The third-order valence-corrected chi connectivity index (χ3v) is 5.08. The molecular formula is C24H35N3O6. The number of aromatic nitrogens is 3. The molecule has 33 heavy (non-hydrogen) atoms. The number of esters is 1. The van der Waals surface area contributed by atoms with Crippen molar-refractivity contribution in [3.63, 3.8) is 0 Å². The van der Waals surface area contributed by atoms with E-state index in [9.17, 15) is 14.4 Å². The average molecular weight is 462 g/mol. The molecule has 0 spiro atoms. The summed E-state index contributed by atoms with van der Waals surface area (Å²) in [6.07, 6.45) is 5.31. The summed E-state index contributed by atoms with van der Waals surface area (Å²) in [5.41, 5.74) is -0.186. The van der Waals surface area contributed by atoms with Crippen molar-refractivity contribution in [2.45, 2.75) is 78.6 Å². The number of carbonyl (C=O) groups is 1. The lowest BCUT2D eigenvalue weighted by Crippen LogP contribution is -2.40.